The smallest absolute Gasteiger partial charge is 0.0994 e. The summed E-state index contributed by atoms with van der Waals surface area (Å²) in [5.41, 5.74) is 8.72. The summed E-state index contributed by atoms with van der Waals surface area (Å²) in [7, 11) is -3.29. The molecule has 2 N–H and O–H groups in total. The van der Waals surface area contributed by atoms with Gasteiger partial charge in [0, 0.05) is 4.79 Å². The topological polar surface area (TPSA) is 49.8 Å². The van der Waals surface area contributed by atoms with E-state index in [-0.39, 0.29) is 4.79 Å². The van der Waals surface area contributed by atoms with Crippen molar-refractivity contribution in [2.45, 2.75) is 44.1 Å². The van der Waals surface area contributed by atoms with E-state index in [9.17, 15) is 5.26 Å². The molecule has 0 aliphatic heterocycles. The lowest BCUT2D eigenvalue weighted by Crippen LogP contribution is -2.69. The maximum absolute atomic E-state index is 9.34. The Kier molecular flexibility index (Phi) is 3.92. The lowest BCUT2D eigenvalue weighted by atomic mass is 10.1. The van der Waals surface area contributed by atoms with Gasteiger partial charge in [-0.15, -0.1) is 0 Å². The SMILES string of the molecule is C[Si](C)(C)C(N)(c1ccccc1C#N)[Si](C)(C)C. The minimum Gasteiger partial charge on any atom is -0.326 e. The quantitative estimate of drug-likeness (QED) is 0.859. The Labute approximate surface area is 113 Å². The maximum atomic E-state index is 9.34. The molecular weight excluding hydrogens is 252 g/mol. The van der Waals surface area contributed by atoms with Gasteiger partial charge in [0.25, 0.3) is 0 Å². The van der Waals surface area contributed by atoms with E-state index in [1.165, 1.54) is 0 Å². The van der Waals surface area contributed by atoms with Crippen molar-refractivity contribution < 1.29 is 0 Å². The van der Waals surface area contributed by atoms with Gasteiger partial charge in [0.1, 0.15) is 0 Å². The summed E-state index contributed by atoms with van der Waals surface area (Å²) in [5.74, 6) is 0. The van der Waals surface area contributed by atoms with E-state index in [1.54, 1.807) is 0 Å². The van der Waals surface area contributed by atoms with Gasteiger partial charge in [0.2, 0.25) is 0 Å². The highest BCUT2D eigenvalue weighted by Crippen LogP contribution is 2.39. The van der Waals surface area contributed by atoms with E-state index >= 15 is 0 Å². The molecule has 18 heavy (non-hydrogen) atoms. The van der Waals surface area contributed by atoms with Gasteiger partial charge in [-0.1, -0.05) is 57.5 Å². The Bertz CT molecular complexity index is 462. The predicted octanol–water partition coefficient (Wildman–Crippen LogP) is 3.47. The second kappa shape index (κ2) is 4.65. The summed E-state index contributed by atoms with van der Waals surface area (Å²) < 4.78 is 0. The van der Waals surface area contributed by atoms with Crippen molar-refractivity contribution in [1.82, 2.24) is 0 Å². The van der Waals surface area contributed by atoms with Crippen LogP contribution in [0.4, 0.5) is 0 Å². The normalized spacial score (nSPS) is 13.2. The average Bonchev–Trinajstić information content (AvgIpc) is 2.24. The van der Waals surface area contributed by atoms with Gasteiger partial charge in [-0.3, -0.25) is 0 Å². The zero-order valence-electron chi connectivity index (χ0n) is 12.3. The fraction of sp³-hybridized carbons (Fsp3) is 0.500. The minimum atomic E-state index is -1.65. The van der Waals surface area contributed by atoms with Crippen LogP contribution in [0.2, 0.25) is 39.3 Å². The Morgan fingerprint density at radius 2 is 1.44 bits per heavy atom. The molecule has 0 saturated carbocycles. The molecule has 0 spiro atoms. The molecule has 0 bridgehead atoms. The van der Waals surface area contributed by atoms with Crippen molar-refractivity contribution in [1.29, 1.82) is 5.26 Å². The summed E-state index contributed by atoms with van der Waals surface area (Å²) in [4.78, 5) is -0.285. The number of benzene rings is 1. The number of nitrogens with two attached hydrogens (primary N) is 1. The molecular formula is C14H24N2Si2. The van der Waals surface area contributed by atoms with Crippen LogP contribution in [0, 0.1) is 11.3 Å². The standard InChI is InChI=1S/C14H24N2Si2/c1-17(2,3)14(16,18(4,5)6)13-10-8-7-9-12(13)11-15/h7-10H,16H2,1-6H3. The van der Waals surface area contributed by atoms with Crippen LogP contribution < -0.4 is 5.73 Å². The zero-order chi connectivity index (χ0) is 14.2. The fourth-order valence-electron chi connectivity index (χ4n) is 2.86. The molecule has 0 aromatic heterocycles. The largest absolute Gasteiger partial charge is 0.326 e. The van der Waals surface area contributed by atoms with Crippen LogP contribution in [0.3, 0.4) is 0 Å². The summed E-state index contributed by atoms with van der Waals surface area (Å²) >= 11 is 0. The second-order valence-electron chi connectivity index (χ2n) is 6.97. The molecule has 4 heteroatoms. The molecule has 2 nitrogen and oxygen atoms in total. The highest BCUT2D eigenvalue weighted by Gasteiger charge is 2.51. The molecule has 1 aromatic rings. The molecule has 0 aliphatic rings. The molecule has 0 fully saturated rings. The number of nitrogens with zero attached hydrogens (tertiary/aromatic N) is 1. The molecule has 98 valence electrons. The average molecular weight is 277 g/mol. The fourth-order valence-corrected chi connectivity index (χ4v) is 13.9. The van der Waals surface area contributed by atoms with Gasteiger partial charge >= 0.3 is 0 Å². The Morgan fingerprint density at radius 1 is 1.00 bits per heavy atom. The van der Waals surface area contributed by atoms with Crippen molar-refractivity contribution in [3.63, 3.8) is 0 Å². The Morgan fingerprint density at radius 3 is 1.83 bits per heavy atom. The third kappa shape index (κ3) is 2.30. The molecule has 0 saturated heterocycles. The van der Waals surface area contributed by atoms with Crippen LogP contribution in [-0.4, -0.2) is 16.1 Å². The lowest BCUT2D eigenvalue weighted by Gasteiger charge is -2.50. The van der Waals surface area contributed by atoms with E-state index in [0.717, 1.165) is 11.1 Å². The molecule has 0 heterocycles. The zero-order valence-corrected chi connectivity index (χ0v) is 14.3. The molecule has 0 atom stereocenters. The van der Waals surface area contributed by atoms with Crippen molar-refractivity contribution in [3.05, 3.63) is 35.4 Å². The highest BCUT2D eigenvalue weighted by atomic mass is 28.4. The van der Waals surface area contributed by atoms with E-state index in [0.29, 0.717) is 0 Å². The van der Waals surface area contributed by atoms with Crippen LogP contribution >= 0.6 is 0 Å². The van der Waals surface area contributed by atoms with Gasteiger partial charge in [0.05, 0.1) is 27.8 Å². The first kappa shape index (κ1) is 15.2. The molecule has 1 aromatic carbocycles. The lowest BCUT2D eigenvalue weighted by molar-refractivity contribution is 0.809. The second-order valence-corrected chi connectivity index (χ2v) is 18.0. The molecule has 0 radical (unpaired) electrons. The van der Waals surface area contributed by atoms with Crippen LogP contribution in [-0.2, 0) is 4.79 Å². The van der Waals surface area contributed by atoms with Crippen molar-refractivity contribution >= 4 is 16.1 Å². The van der Waals surface area contributed by atoms with Gasteiger partial charge in [-0.2, -0.15) is 5.26 Å². The molecule has 0 amide bonds. The minimum absolute atomic E-state index is 0.285. The first-order chi connectivity index (χ1) is 8.05. The molecule has 0 unspecified atom stereocenters. The van der Waals surface area contributed by atoms with Gasteiger partial charge in [0.15, 0.2) is 0 Å². The maximum Gasteiger partial charge on any atom is 0.0994 e. The third-order valence-electron chi connectivity index (χ3n) is 3.84. The summed E-state index contributed by atoms with van der Waals surface area (Å²) in [6.45, 7) is 13.8. The first-order valence-electron chi connectivity index (χ1n) is 6.34. The first-order valence-corrected chi connectivity index (χ1v) is 13.3. The van der Waals surface area contributed by atoms with Crippen molar-refractivity contribution in [2.75, 3.05) is 0 Å². The summed E-state index contributed by atoms with van der Waals surface area (Å²) in [6.07, 6.45) is 0. The molecule has 0 aliphatic carbocycles. The van der Waals surface area contributed by atoms with Crippen LogP contribution in [0.1, 0.15) is 11.1 Å². The highest BCUT2D eigenvalue weighted by molar-refractivity contribution is 6.98. The monoisotopic (exact) mass is 276 g/mol. The van der Waals surface area contributed by atoms with E-state index in [2.05, 4.69) is 51.4 Å². The number of nitriles is 1. The van der Waals surface area contributed by atoms with Gasteiger partial charge in [-0.05, 0) is 11.6 Å². The van der Waals surface area contributed by atoms with Crippen LogP contribution in [0.25, 0.3) is 0 Å². The van der Waals surface area contributed by atoms with Gasteiger partial charge in [-0.25, -0.2) is 0 Å². The Balaban J connectivity index is 3.62. The third-order valence-corrected chi connectivity index (χ3v) is 13.6. The number of rotatable bonds is 3. The Hall–Kier alpha value is -0.896. The van der Waals surface area contributed by atoms with Crippen molar-refractivity contribution in [3.8, 4) is 6.07 Å². The van der Waals surface area contributed by atoms with E-state index in [4.69, 9.17) is 5.73 Å². The van der Waals surface area contributed by atoms with Gasteiger partial charge < -0.3 is 5.73 Å². The molecule has 1 rings (SSSR count). The number of hydrogen-bond donors (Lipinski definition) is 1. The predicted molar refractivity (Wildman–Crippen MR) is 83.7 cm³/mol. The van der Waals surface area contributed by atoms with E-state index in [1.807, 2.05) is 18.2 Å². The van der Waals surface area contributed by atoms with Crippen molar-refractivity contribution in [2.24, 2.45) is 5.73 Å². The number of hydrogen-bond acceptors (Lipinski definition) is 2. The van der Waals surface area contributed by atoms with Crippen LogP contribution in [0.15, 0.2) is 24.3 Å². The summed E-state index contributed by atoms with van der Waals surface area (Å²) in [6, 6.07) is 10.2. The summed E-state index contributed by atoms with van der Waals surface area (Å²) in [5, 5.41) is 9.34. The van der Waals surface area contributed by atoms with E-state index < -0.39 is 16.1 Å². The van der Waals surface area contributed by atoms with Crippen LogP contribution in [0.5, 0.6) is 0 Å².